The maximum atomic E-state index is 5.67. The van der Waals surface area contributed by atoms with E-state index in [1.54, 1.807) is 0 Å². The number of rotatable bonds is 5. The van der Waals surface area contributed by atoms with Crippen molar-refractivity contribution < 1.29 is 13.9 Å². The van der Waals surface area contributed by atoms with E-state index in [1.807, 2.05) is 12.1 Å². The Morgan fingerprint density at radius 2 is 2.00 bits per heavy atom. The average Bonchev–Trinajstić information content (AvgIpc) is 2.59. The number of hydrogen-bond acceptors (Lipinski definition) is 4. The molecule has 0 spiro atoms. The van der Waals surface area contributed by atoms with Gasteiger partial charge in [-0.15, -0.1) is 0 Å². The van der Waals surface area contributed by atoms with Crippen LogP contribution in [-0.4, -0.2) is 24.9 Å². The van der Waals surface area contributed by atoms with Crippen molar-refractivity contribution in [1.82, 2.24) is 5.32 Å². The molecule has 1 saturated heterocycles. The molecule has 17 heavy (non-hydrogen) atoms. The van der Waals surface area contributed by atoms with Crippen LogP contribution in [0.2, 0.25) is 0 Å². The highest BCUT2D eigenvalue weighted by atomic mass is 16.6. The fourth-order valence-electron chi connectivity index (χ4n) is 1.46. The van der Waals surface area contributed by atoms with Crippen molar-refractivity contribution in [1.29, 1.82) is 0 Å². The minimum atomic E-state index is 0.104. The monoisotopic (exact) mass is 239 g/mol. The van der Waals surface area contributed by atoms with E-state index >= 15 is 0 Å². The highest BCUT2D eigenvalue weighted by Crippen LogP contribution is 2.13. The molecule has 0 radical (unpaired) electrons. The molecular weight excluding hydrogens is 218 g/mol. The molecule has 0 aromatic carbocycles. The minimum absolute atomic E-state index is 0.104. The van der Waals surface area contributed by atoms with Crippen molar-refractivity contribution in [3.63, 3.8) is 0 Å². The summed E-state index contributed by atoms with van der Waals surface area (Å²) in [4.78, 5) is 0. The average molecular weight is 239 g/mol. The second kappa shape index (κ2) is 5.21. The van der Waals surface area contributed by atoms with Gasteiger partial charge in [0.2, 0.25) is 0 Å². The van der Waals surface area contributed by atoms with Crippen LogP contribution in [0.5, 0.6) is 0 Å². The molecule has 1 aliphatic heterocycles. The predicted molar refractivity (Wildman–Crippen MR) is 64.7 cm³/mol. The van der Waals surface area contributed by atoms with Crippen LogP contribution in [0.1, 0.15) is 32.3 Å². The second-order valence-corrected chi connectivity index (χ2v) is 5.44. The lowest BCUT2D eigenvalue weighted by molar-refractivity contribution is -0.137. The summed E-state index contributed by atoms with van der Waals surface area (Å²) in [5.74, 6) is 1.82. The third-order valence-corrected chi connectivity index (χ3v) is 2.58. The van der Waals surface area contributed by atoms with Crippen molar-refractivity contribution in [2.75, 3.05) is 13.2 Å². The zero-order valence-electron chi connectivity index (χ0n) is 10.8. The summed E-state index contributed by atoms with van der Waals surface area (Å²) in [5, 5.41) is 3.38. The Labute approximate surface area is 102 Å². The van der Waals surface area contributed by atoms with Gasteiger partial charge < -0.3 is 19.2 Å². The zero-order chi connectivity index (χ0) is 12.3. The van der Waals surface area contributed by atoms with Crippen LogP contribution in [0.3, 0.4) is 0 Å². The van der Waals surface area contributed by atoms with Crippen LogP contribution in [0.15, 0.2) is 16.5 Å². The van der Waals surface area contributed by atoms with E-state index in [-0.39, 0.29) is 11.6 Å². The van der Waals surface area contributed by atoms with E-state index in [0.29, 0.717) is 19.8 Å². The Morgan fingerprint density at radius 1 is 1.29 bits per heavy atom. The fraction of sp³-hybridized carbons (Fsp3) is 0.692. The van der Waals surface area contributed by atoms with Crippen LogP contribution in [-0.2, 0) is 22.6 Å². The molecule has 2 heterocycles. The van der Waals surface area contributed by atoms with Gasteiger partial charge in [-0.25, -0.2) is 0 Å². The highest BCUT2D eigenvalue weighted by molar-refractivity contribution is 5.06. The highest BCUT2D eigenvalue weighted by Gasteiger charge is 2.19. The molecule has 4 nitrogen and oxygen atoms in total. The summed E-state index contributed by atoms with van der Waals surface area (Å²) >= 11 is 0. The molecule has 4 heteroatoms. The molecule has 1 aliphatic rings. The van der Waals surface area contributed by atoms with Crippen LogP contribution in [0.4, 0.5) is 0 Å². The van der Waals surface area contributed by atoms with Crippen LogP contribution >= 0.6 is 0 Å². The largest absolute Gasteiger partial charge is 0.462 e. The quantitative estimate of drug-likeness (QED) is 0.854. The Bertz CT molecular complexity index is 350. The van der Waals surface area contributed by atoms with E-state index < -0.39 is 0 Å². The molecule has 1 fully saturated rings. The lowest BCUT2D eigenvalue weighted by Gasteiger charge is -2.25. The maximum absolute atomic E-state index is 5.67. The number of hydrogen-bond donors (Lipinski definition) is 1. The van der Waals surface area contributed by atoms with Crippen LogP contribution in [0, 0.1) is 0 Å². The molecule has 0 atom stereocenters. The zero-order valence-corrected chi connectivity index (χ0v) is 10.8. The fourth-order valence-corrected chi connectivity index (χ4v) is 1.46. The van der Waals surface area contributed by atoms with Gasteiger partial charge in [0.15, 0.2) is 0 Å². The normalized spacial score (nSPS) is 17.1. The molecule has 1 N–H and O–H groups in total. The Hall–Kier alpha value is -0.840. The summed E-state index contributed by atoms with van der Waals surface area (Å²) in [6, 6.07) is 3.97. The Morgan fingerprint density at radius 3 is 2.59 bits per heavy atom. The van der Waals surface area contributed by atoms with Crippen LogP contribution in [0.25, 0.3) is 0 Å². The van der Waals surface area contributed by atoms with E-state index in [0.717, 1.165) is 18.1 Å². The van der Waals surface area contributed by atoms with Crippen molar-refractivity contribution in [2.24, 2.45) is 0 Å². The summed E-state index contributed by atoms with van der Waals surface area (Å²) in [7, 11) is 0. The first-order chi connectivity index (χ1) is 8.03. The summed E-state index contributed by atoms with van der Waals surface area (Å²) in [6.07, 6.45) is 0.247. The van der Waals surface area contributed by atoms with Gasteiger partial charge in [0.25, 0.3) is 0 Å². The molecule has 1 aromatic rings. The number of ether oxygens (including phenoxy) is 2. The molecule has 0 saturated carbocycles. The number of nitrogens with one attached hydrogen (secondary N) is 1. The predicted octanol–water partition coefficient (Wildman–Crippen LogP) is 2.08. The van der Waals surface area contributed by atoms with E-state index in [2.05, 4.69) is 26.1 Å². The van der Waals surface area contributed by atoms with Crippen molar-refractivity contribution in [3.05, 3.63) is 23.7 Å². The number of furan rings is 1. The SMILES string of the molecule is CC(C)(C)NCc1ccc(COC2COC2)o1. The molecule has 0 bridgehead atoms. The lowest BCUT2D eigenvalue weighted by atomic mass is 10.1. The molecule has 0 amide bonds. The third kappa shape index (κ3) is 4.15. The van der Waals surface area contributed by atoms with Crippen LogP contribution < -0.4 is 5.32 Å². The maximum Gasteiger partial charge on any atom is 0.129 e. The van der Waals surface area contributed by atoms with Crippen molar-refractivity contribution in [3.8, 4) is 0 Å². The molecule has 1 aromatic heterocycles. The first-order valence-electron chi connectivity index (χ1n) is 6.05. The summed E-state index contributed by atoms with van der Waals surface area (Å²) in [5.41, 5.74) is 0.104. The van der Waals surface area contributed by atoms with Gasteiger partial charge in [-0.3, -0.25) is 0 Å². The van der Waals surface area contributed by atoms with Crippen molar-refractivity contribution >= 4 is 0 Å². The first-order valence-corrected chi connectivity index (χ1v) is 6.05. The summed E-state index contributed by atoms with van der Waals surface area (Å²) in [6.45, 7) is 9.10. The molecule has 2 rings (SSSR count). The van der Waals surface area contributed by atoms with E-state index in [9.17, 15) is 0 Å². The summed E-state index contributed by atoms with van der Waals surface area (Å²) < 4.78 is 16.3. The minimum Gasteiger partial charge on any atom is -0.462 e. The smallest absolute Gasteiger partial charge is 0.129 e. The molecule has 0 aliphatic carbocycles. The Kier molecular flexibility index (Phi) is 3.86. The standard InChI is InChI=1S/C13H21NO3/c1-13(2,3)14-6-10-4-5-11(17-10)9-16-12-7-15-8-12/h4-5,12,14H,6-9H2,1-3H3. The van der Waals surface area contributed by atoms with Gasteiger partial charge >= 0.3 is 0 Å². The van der Waals surface area contributed by atoms with Gasteiger partial charge in [-0.05, 0) is 32.9 Å². The van der Waals surface area contributed by atoms with Crippen molar-refractivity contribution in [2.45, 2.75) is 45.6 Å². The van der Waals surface area contributed by atoms with Gasteiger partial charge in [0.05, 0.1) is 19.8 Å². The topological polar surface area (TPSA) is 43.6 Å². The molecule has 96 valence electrons. The third-order valence-electron chi connectivity index (χ3n) is 2.58. The molecule has 0 unspecified atom stereocenters. The Balaban J connectivity index is 1.74. The van der Waals surface area contributed by atoms with Gasteiger partial charge in [0, 0.05) is 5.54 Å². The first kappa shape index (κ1) is 12.6. The second-order valence-electron chi connectivity index (χ2n) is 5.44. The van der Waals surface area contributed by atoms with Gasteiger partial charge in [-0.2, -0.15) is 0 Å². The van der Waals surface area contributed by atoms with E-state index in [4.69, 9.17) is 13.9 Å². The van der Waals surface area contributed by atoms with E-state index in [1.165, 1.54) is 0 Å². The van der Waals surface area contributed by atoms with Gasteiger partial charge in [-0.1, -0.05) is 0 Å². The molecular formula is C13H21NO3. The lowest BCUT2D eigenvalue weighted by Crippen LogP contribution is -2.35. The van der Waals surface area contributed by atoms with Gasteiger partial charge in [0.1, 0.15) is 24.2 Å².